The molecule has 3 aromatic rings. The lowest BCUT2D eigenvalue weighted by Gasteiger charge is -2.02. The summed E-state index contributed by atoms with van der Waals surface area (Å²) in [6.45, 7) is 0. The van der Waals surface area contributed by atoms with Gasteiger partial charge in [-0.2, -0.15) is 0 Å². The van der Waals surface area contributed by atoms with Gasteiger partial charge in [0.15, 0.2) is 0 Å². The van der Waals surface area contributed by atoms with Crippen LogP contribution in [-0.4, -0.2) is 16.1 Å². The van der Waals surface area contributed by atoms with Crippen molar-refractivity contribution < 1.29 is 9.90 Å². The van der Waals surface area contributed by atoms with Crippen molar-refractivity contribution in [1.29, 1.82) is 0 Å². The first-order valence-corrected chi connectivity index (χ1v) is 6.28. The van der Waals surface area contributed by atoms with Crippen LogP contribution in [0.2, 0.25) is 0 Å². The van der Waals surface area contributed by atoms with E-state index in [-0.39, 0.29) is 0 Å². The van der Waals surface area contributed by atoms with Gasteiger partial charge in [0.2, 0.25) is 0 Å². The maximum atomic E-state index is 10.9. The van der Waals surface area contributed by atoms with Gasteiger partial charge in [-0.25, -0.2) is 4.79 Å². The molecule has 0 radical (unpaired) electrons. The Bertz CT molecular complexity index is 728. The molecule has 2 heterocycles. The third kappa shape index (κ3) is 1.76. The number of nitrogens with zero attached hydrogens (tertiary/aromatic N) is 1. The molecule has 0 saturated heterocycles. The number of carboxylic acid groups (broad SMARTS) is 1. The Kier molecular flexibility index (Phi) is 2.57. The van der Waals surface area contributed by atoms with Crippen molar-refractivity contribution in [2.24, 2.45) is 0 Å². The van der Waals surface area contributed by atoms with Gasteiger partial charge in [-0.1, -0.05) is 24.3 Å². The summed E-state index contributed by atoms with van der Waals surface area (Å²) in [5.41, 5.74) is 1.30. The van der Waals surface area contributed by atoms with Crippen LogP contribution in [-0.2, 0) is 0 Å². The quantitative estimate of drug-likeness (QED) is 0.760. The number of pyridine rings is 1. The summed E-state index contributed by atoms with van der Waals surface area (Å²) in [5, 5.41) is 12.7. The molecule has 3 nitrogen and oxygen atoms in total. The Morgan fingerprint density at radius 2 is 2.06 bits per heavy atom. The van der Waals surface area contributed by atoms with Crippen molar-refractivity contribution >= 4 is 28.1 Å². The van der Waals surface area contributed by atoms with Crippen molar-refractivity contribution in [2.75, 3.05) is 0 Å². The summed E-state index contributed by atoms with van der Waals surface area (Å²) >= 11 is 1.42. The lowest BCUT2D eigenvalue weighted by atomic mass is 10.1. The van der Waals surface area contributed by atoms with Crippen LogP contribution in [0.5, 0.6) is 0 Å². The predicted octanol–water partition coefficient (Wildman–Crippen LogP) is 3.66. The fourth-order valence-electron chi connectivity index (χ4n) is 1.90. The average molecular weight is 255 g/mol. The zero-order chi connectivity index (χ0) is 12.5. The van der Waals surface area contributed by atoms with Gasteiger partial charge in [-0.15, -0.1) is 11.3 Å². The van der Waals surface area contributed by atoms with Crippen LogP contribution in [0.25, 0.3) is 21.2 Å². The monoisotopic (exact) mass is 255 g/mol. The highest BCUT2D eigenvalue weighted by Gasteiger charge is 2.10. The summed E-state index contributed by atoms with van der Waals surface area (Å²) in [4.78, 5) is 16.0. The molecule has 0 unspecified atom stereocenters. The molecule has 0 bridgehead atoms. The zero-order valence-electron chi connectivity index (χ0n) is 9.33. The molecule has 1 N–H and O–H groups in total. The van der Waals surface area contributed by atoms with E-state index in [1.807, 2.05) is 30.5 Å². The molecule has 2 aromatic heterocycles. The minimum atomic E-state index is -0.898. The molecule has 0 fully saturated rings. The summed E-state index contributed by atoms with van der Waals surface area (Å²) in [7, 11) is 0. The predicted molar refractivity (Wildman–Crippen MR) is 72.0 cm³/mol. The average Bonchev–Trinajstić information content (AvgIpc) is 2.87. The molecular weight excluding hydrogens is 246 g/mol. The van der Waals surface area contributed by atoms with Crippen LogP contribution in [0.4, 0.5) is 0 Å². The first-order valence-electron chi connectivity index (χ1n) is 5.40. The van der Waals surface area contributed by atoms with E-state index in [9.17, 15) is 4.79 Å². The van der Waals surface area contributed by atoms with Crippen LogP contribution < -0.4 is 0 Å². The van der Waals surface area contributed by atoms with E-state index in [0.717, 1.165) is 21.2 Å². The molecule has 1 aromatic carbocycles. The molecule has 3 rings (SSSR count). The summed E-state index contributed by atoms with van der Waals surface area (Å²) in [6, 6.07) is 9.64. The van der Waals surface area contributed by atoms with Gasteiger partial charge < -0.3 is 5.11 Å². The molecular formula is C14H9NO2S. The van der Waals surface area contributed by atoms with E-state index >= 15 is 0 Å². The first kappa shape index (κ1) is 10.9. The maximum absolute atomic E-state index is 10.9. The number of hydrogen-bond acceptors (Lipinski definition) is 3. The van der Waals surface area contributed by atoms with Gasteiger partial charge in [0, 0.05) is 33.6 Å². The van der Waals surface area contributed by atoms with E-state index in [1.54, 1.807) is 17.6 Å². The molecule has 0 spiro atoms. The molecule has 0 atom stereocenters. The van der Waals surface area contributed by atoms with E-state index in [2.05, 4.69) is 4.98 Å². The van der Waals surface area contributed by atoms with Gasteiger partial charge in [0.05, 0.1) is 5.56 Å². The molecule has 0 aliphatic heterocycles. The van der Waals surface area contributed by atoms with Crippen molar-refractivity contribution in [3.05, 3.63) is 53.7 Å². The Labute approximate surface area is 107 Å². The Morgan fingerprint density at radius 1 is 1.22 bits per heavy atom. The van der Waals surface area contributed by atoms with E-state index < -0.39 is 5.97 Å². The highest BCUT2D eigenvalue weighted by atomic mass is 32.1. The third-order valence-corrected chi connectivity index (χ3v) is 3.74. The Balaban J connectivity index is 2.21. The normalized spacial score (nSPS) is 10.7. The minimum absolute atomic E-state index is 0.322. The first-order chi connectivity index (χ1) is 8.75. The largest absolute Gasteiger partial charge is 0.478 e. The van der Waals surface area contributed by atoms with Gasteiger partial charge in [0.1, 0.15) is 0 Å². The molecule has 0 saturated carbocycles. The zero-order valence-corrected chi connectivity index (χ0v) is 10.1. The second-order valence-electron chi connectivity index (χ2n) is 3.91. The summed E-state index contributed by atoms with van der Waals surface area (Å²) < 4.78 is 0. The smallest absolute Gasteiger partial charge is 0.336 e. The van der Waals surface area contributed by atoms with Gasteiger partial charge in [0.25, 0.3) is 0 Å². The van der Waals surface area contributed by atoms with Crippen LogP contribution in [0, 0.1) is 0 Å². The van der Waals surface area contributed by atoms with Crippen molar-refractivity contribution in [1.82, 2.24) is 4.98 Å². The third-order valence-electron chi connectivity index (χ3n) is 2.78. The number of fused-ring (bicyclic) bond motifs is 1. The number of hydrogen-bond donors (Lipinski definition) is 1. The lowest BCUT2D eigenvalue weighted by molar-refractivity contribution is 0.0697. The fourth-order valence-corrected chi connectivity index (χ4v) is 2.81. The Morgan fingerprint density at radius 3 is 2.83 bits per heavy atom. The number of benzene rings is 1. The van der Waals surface area contributed by atoms with Crippen molar-refractivity contribution in [2.45, 2.75) is 0 Å². The number of carboxylic acids is 1. The van der Waals surface area contributed by atoms with Gasteiger partial charge >= 0.3 is 5.97 Å². The van der Waals surface area contributed by atoms with Gasteiger partial charge in [-0.05, 0) is 11.5 Å². The summed E-state index contributed by atoms with van der Waals surface area (Å²) in [6.07, 6.45) is 3.59. The fraction of sp³-hybridized carbons (Fsp3) is 0. The van der Waals surface area contributed by atoms with Crippen LogP contribution in [0.3, 0.4) is 0 Å². The van der Waals surface area contributed by atoms with E-state index in [4.69, 9.17) is 5.11 Å². The highest BCUT2D eigenvalue weighted by Crippen LogP contribution is 2.32. The number of carbonyl (C=O) groups is 1. The standard InChI is InChI=1S/C14H9NO2S/c16-14(17)10-5-13(18-8-10)12-7-15-6-9-3-1-2-4-11(9)12/h1-8H,(H,16,17). The SMILES string of the molecule is O=C(O)c1csc(-c2cncc3ccccc23)c1. The topological polar surface area (TPSA) is 50.2 Å². The molecule has 0 aliphatic carbocycles. The number of aromatic carboxylic acids is 1. The summed E-state index contributed by atoms with van der Waals surface area (Å²) in [5.74, 6) is -0.898. The second kappa shape index (κ2) is 4.23. The number of aromatic nitrogens is 1. The maximum Gasteiger partial charge on any atom is 0.336 e. The number of thiophene rings is 1. The van der Waals surface area contributed by atoms with E-state index in [0.29, 0.717) is 5.56 Å². The highest BCUT2D eigenvalue weighted by molar-refractivity contribution is 7.14. The molecule has 4 heteroatoms. The van der Waals surface area contributed by atoms with Crippen molar-refractivity contribution in [3.8, 4) is 10.4 Å². The second-order valence-corrected chi connectivity index (χ2v) is 4.82. The number of rotatable bonds is 2. The van der Waals surface area contributed by atoms with Gasteiger partial charge in [-0.3, -0.25) is 4.98 Å². The Hall–Kier alpha value is -2.20. The lowest BCUT2D eigenvalue weighted by Crippen LogP contribution is -1.91. The molecule has 18 heavy (non-hydrogen) atoms. The van der Waals surface area contributed by atoms with Crippen LogP contribution in [0.1, 0.15) is 10.4 Å². The van der Waals surface area contributed by atoms with Crippen LogP contribution >= 0.6 is 11.3 Å². The molecule has 88 valence electrons. The van der Waals surface area contributed by atoms with Crippen molar-refractivity contribution in [3.63, 3.8) is 0 Å². The van der Waals surface area contributed by atoms with E-state index in [1.165, 1.54) is 11.3 Å². The van der Waals surface area contributed by atoms with Crippen LogP contribution in [0.15, 0.2) is 48.1 Å². The molecule has 0 amide bonds. The minimum Gasteiger partial charge on any atom is -0.478 e. The molecule has 0 aliphatic rings.